The van der Waals surface area contributed by atoms with Gasteiger partial charge >= 0.3 is 0 Å². The molecule has 0 amide bonds. The summed E-state index contributed by atoms with van der Waals surface area (Å²) < 4.78 is 5.64. The first-order valence-electron chi connectivity index (χ1n) is 6.67. The normalized spacial score (nSPS) is 41.4. The molecule has 0 aromatic carbocycles. The van der Waals surface area contributed by atoms with E-state index >= 15 is 0 Å². The third-order valence-corrected chi connectivity index (χ3v) is 4.29. The Morgan fingerprint density at radius 1 is 1.44 bits per heavy atom. The van der Waals surface area contributed by atoms with Crippen molar-refractivity contribution in [1.29, 1.82) is 0 Å². The summed E-state index contributed by atoms with van der Waals surface area (Å²) in [7, 11) is 0. The molecule has 2 fully saturated rings. The van der Waals surface area contributed by atoms with Gasteiger partial charge in [-0.1, -0.05) is 6.92 Å². The molecule has 0 aliphatic carbocycles. The van der Waals surface area contributed by atoms with Crippen LogP contribution in [0.1, 0.15) is 33.1 Å². The van der Waals surface area contributed by atoms with Gasteiger partial charge < -0.3 is 10.5 Å². The second-order valence-electron chi connectivity index (χ2n) is 5.98. The maximum absolute atomic E-state index is 5.99. The van der Waals surface area contributed by atoms with Crippen LogP contribution in [0.2, 0.25) is 0 Å². The number of hydrogen-bond acceptors (Lipinski definition) is 3. The van der Waals surface area contributed by atoms with Crippen LogP contribution in [0.15, 0.2) is 0 Å². The van der Waals surface area contributed by atoms with Crippen molar-refractivity contribution in [2.24, 2.45) is 17.1 Å². The SMILES string of the molecule is CC1CC(C)N(CC2(CN)CCCOC2)C1. The van der Waals surface area contributed by atoms with Crippen LogP contribution in [-0.2, 0) is 4.74 Å². The third-order valence-electron chi connectivity index (χ3n) is 4.29. The molecule has 0 aromatic rings. The molecule has 0 aromatic heterocycles. The van der Waals surface area contributed by atoms with Gasteiger partial charge in [-0.05, 0) is 32.1 Å². The highest BCUT2D eigenvalue weighted by Gasteiger charge is 2.37. The fourth-order valence-corrected chi connectivity index (χ4v) is 3.30. The Hall–Kier alpha value is -0.120. The zero-order valence-electron chi connectivity index (χ0n) is 10.7. The van der Waals surface area contributed by atoms with E-state index in [2.05, 4.69) is 18.7 Å². The van der Waals surface area contributed by atoms with Crippen LogP contribution >= 0.6 is 0 Å². The van der Waals surface area contributed by atoms with E-state index in [1.807, 2.05) is 0 Å². The summed E-state index contributed by atoms with van der Waals surface area (Å²) in [5.74, 6) is 0.842. The lowest BCUT2D eigenvalue weighted by molar-refractivity contribution is -0.0231. The molecule has 0 bridgehead atoms. The van der Waals surface area contributed by atoms with E-state index in [1.165, 1.54) is 25.8 Å². The molecule has 2 heterocycles. The maximum atomic E-state index is 5.99. The van der Waals surface area contributed by atoms with Crippen LogP contribution in [-0.4, -0.2) is 43.8 Å². The molecule has 0 spiro atoms. The van der Waals surface area contributed by atoms with Gasteiger partial charge in [-0.25, -0.2) is 0 Å². The van der Waals surface area contributed by atoms with Crippen LogP contribution in [0, 0.1) is 11.3 Å². The van der Waals surface area contributed by atoms with E-state index in [0.29, 0.717) is 0 Å². The highest BCUT2D eigenvalue weighted by Crippen LogP contribution is 2.32. The van der Waals surface area contributed by atoms with E-state index in [0.717, 1.165) is 38.3 Å². The minimum Gasteiger partial charge on any atom is -0.381 e. The Bertz CT molecular complexity index is 226. The highest BCUT2D eigenvalue weighted by molar-refractivity contribution is 4.90. The van der Waals surface area contributed by atoms with E-state index in [9.17, 15) is 0 Å². The Balaban J connectivity index is 1.95. The average molecular weight is 226 g/mol. The average Bonchev–Trinajstić information content (AvgIpc) is 2.59. The van der Waals surface area contributed by atoms with Gasteiger partial charge in [0.15, 0.2) is 0 Å². The molecule has 2 aliphatic rings. The van der Waals surface area contributed by atoms with Crippen LogP contribution < -0.4 is 5.73 Å². The lowest BCUT2D eigenvalue weighted by atomic mass is 9.82. The van der Waals surface area contributed by atoms with Crippen molar-refractivity contribution in [3.05, 3.63) is 0 Å². The Labute approximate surface area is 99.3 Å². The summed E-state index contributed by atoms with van der Waals surface area (Å²) >= 11 is 0. The van der Waals surface area contributed by atoms with Crippen molar-refractivity contribution in [3.8, 4) is 0 Å². The standard InChI is InChI=1S/C13H26N2O/c1-11-6-12(2)15(7-11)9-13(8-14)4-3-5-16-10-13/h11-12H,3-10,14H2,1-2H3. The number of rotatable bonds is 3. The van der Waals surface area contributed by atoms with Crippen molar-refractivity contribution < 1.29 is 4.74 Å². The molecule has 3 nitrogen and oxygen atoms in total. The minimum absolute atomic E-state index is 0.233. The minimum atomic E-state index is 0.233. The van der Waals surface area contributed by atoms with Crippen LogP contribution in [0.3, 0.4) is 0 Å². The smallest absolute Gasteiger partial charge is 0.0546 e. The fourth-order valence-electron chi connectivity index (χ4n) is 3.30. The van der Waals surface area contributed by atoms with Gasteiger partial charge in [-0.2, -0.15) is 0 Å². The quantitative estimate of drug-likeness (QED) is 0.792. The number of ether oxygens (including phenoxy) is 1. The number of nitrogens with two attached hydrogens (primary N) is 1. The van der Waals surface area contributed by atoms with Gasteiger partial charge in [-0.15, -0.1) is 0 Å². The second-order valence-corrected chi connectivity index (χ2v) is 5.98. The summed E-state index contributed by atoms with van der Waals surface area (Å²) in [6.07, 6.45) is 3.75. The number of hydrogen-bond donors (Lipinski definition) is 1. The monoisotopic (exact) mass is 226 g/mol. The van der Waals surface area contributed by atoms with Crippen LogP contribution in [0.25, 0.3) is 0 Å². The van der Waals surface area contributed by atoms with E-state index in [1.54, 1.807) is 0 Å². The maximum Gasteiger partial charge on any atom is 0.0546 e. The third kappa shape index (κ3) is 2.58. The molecule has 2 aliphatic heterocycles. The van der Waals surface area contributed by atoms with Gasteiger partial charge in [0.2, 0.25) is 0 Å². The molecule has 2 rings (SSSR count). The first kappa shape index (κ1) is 12.3. The van der Waals surface area contributed by atoms with Crippen molar-refractivity contribution in [2.75, 3.05) is 32.8 Å². The van der Waals surface area contributed by atoms with Crippen LogP contribution in [0.5, 0.6) is 0 Å². The van der Waals surface area contributed by atoms with Crippen molar-refractivity contribution in [2.45, 2.75) is 39.2 Å². The Kier molecular flexibility index (Phi) is 3.88. The van der Waals surface area contributed by atoms with Crippen molar-refractivity contribution >= 4 is 0 Å². The molecular formula is C13H26N2O. The zero-order chi connectivity index (χ0) is 11.6. The summed E-state index contributed by atoms with van der Waals surface area (Å²) in [4.78, 5) is 2.62. The fraction of sp³-hybridized carbons (Fsp3) is 1.00. The Morgan fingerprint density at radius 2 is 2.25 bits per heavy atom. The van der Waals surface area contributed by atoms with E-state index < -0.39 is 0 Å². The van der Waals surface area contributed by atoms with Gasteiger partial charge in [0.25, 0.3) is 0 Å². The molecule has 3 atom stereocenters. The molecule has 2 saturated heterocycles. The number of nitrogens with zero attached hydrogens (tertiary/aromatic N) is 1. The first-order valence-corrected chi connectivity index (χ1v) is 6.67. The van der Waals surface area contributed by atoms with Crippen LogP contribution in [0.4, 0.5) is 0 Å². The lowest BCUT2D eigenvalue weighted by Crippen LogP contribution is -2.48. The van der Waals surface area contributed by atoms with Gasteiger partial charge in [0.05, 0.1) is 6.61 Å². The molecular weight excluding hydrogens is 200 g/mol. The molecule has 3 unspecified atom stereocenters. The zero-order valence-corrected chi connectivity index (χ0v) is 10.7. The molecule has 2 N–H and O–H groups in total. The Morgan fingerprint density at radius 3 is 2.75 bits per heavy atom. The molecule has 3 heteroatoms. The largest absolute Gasteiger partial charge is 0.381 e. The second kappa shape index (κ2) is 5.03. The summed E-state index contributed by atoms with van der Waals surface area (Å²) in [5.41, 5.74) is 6.22. The number of likely N-dealkylation sites (tertiary alicyclic amines) is 1. The predicted octanol–water partition coefficient (Wildman–Crippen LogP) is 1.47. The van der Waals surface area contributed by atoms with E-state index in [4.69, 9.17) is 10.5 Å². The molecule has 94 valence electrons. The molecule has 16 heavy (non-hydrogen) atoms. The van der Waals surface area contributed by atoms with Gasteiger partial charge in [0.1, 0.15) is 0 Å². The lowest BCUT2D eigenvalue weighted by Gasteiger charge is -2.40. The van der Waals surface area contributed by atoms with Crippen molar-refractivity contribution in [1.82, 2.24) is 4.90 Å². The van der Waals surface area contributed by atoms with Crippen molar-refractivity contribution in [3.63, 3.8) is 0 Å². The topological polar surface area (TPSA) is 38.5 Å². The predicted molar refractivity (Wildman–Crippen MR) is 66.4 cm³/mol. The highest BCUT2D eigenvalue weighted by atomic mass is 16.5. The van der Waals surface area contributed by atoms with E-state index in [-0.39, 0.29) is 5.41 Å². The van der Waals surface area contributed by atoms with Gasteiger partial charge in [0, 0.05) is 37.7 Å². The summed E-state index contributed by atoms with van der Waals surface area (Å²) in [6.45, 7) is 9.62. The molecule has 0 saturated carbocycles. The summed E-state index contributed by atoms with van der Waals surface area (Å²) in [5, 5.41) is 0. The van der Waals surface area contributed by atoms with Gasteiger partial charge in [-0.3, -0.25) is 4.90 Å². The first-order chi connectivity index (χ1) is 7.65. The summed E-state index contributed by atoms with van der Waals surface area (Å²) in [6, 6.07) is 0.723. The molecule has 0 radical (unpaired) electrons.